The quantitative estimate of drug-likeness (QED) is 0.830. The summed E-state index contributed by atoms with van der Waals surface area (Å²) in [4.78, 5) is 4.55. The lowest BCUT2D eigenvalue weighted by molar-refractivity contribution is 0.410. The van der Waals surface area contributed by atoms with Gasteiger partial charge in [0.15, 0.2) is 0 Å². The summed E-state index contributed by atoms with van der Waals surface area (Å²) in [5.74, 6) is 2.63. The zero-order valence-electron chi connectivity index (χ0n) is 13.9. The van der Waals surface area contributed by atoms with Gasteiger partial charge in [-0.2, -0.15) is 0 Å². The molecule has 3 rings (SSSR count). The van der Waals surface area contributed by atoms with Crippen molar-refractivity contribution in [3.63, 3.8) is 0 Å². The minimum atomic E-state index is 0.104. The molecule has 1 aromatic carbocycles. The van der Waals surface area contributed by atoms with Gasteiger partial charge < -0.3 is 14.6 Å². The van der Waals surface area contributed by atoms with Crippen LogP contribution in [0.3, 0.4) is 0 Å². The minimum Gasteiger partial charge on any atom is -0.497 e. The van der Waals surface area contributed by atoms with Gasteiger partial charge in [-0.1, -0.05) is 24.3 Å². The van der Waals surface area contributed by atoms with Crippen LogP contribution >= 0.6 is 0 Å². The van der Waals surface area contributed by atoms with Gasteiger partial charge in [0.25, 0.3) is 0 Å². The molecule has 0 saturated carbocycles. The maximum Gasteiger partial charge on any atom is 0.130 e. The molecule has 0 aliphatic heterocycles. The van der Waals surface area contributed by atoms with Crippen LogP contribution in [0.25, 0.3) is 0 Å². The highest BCUT2D eigenvalue weighted by Gasteiger charge is 2.20. The van der Waals surface area contributed by atoms with Crippen molar-refractivity contribution in [1.29, 1.82) is 0 Å². The number of rotatable bonds is 6. The van der Waals surface area contributed by atoms with E-state index < -0.39 is 0 Å². The third-order valence-corrected chi connectivity index (χ3v) is 4.55. The number of ether oxygens (including phenoxy) is 1. The predicted molar refractivity (Wildman–Crippen MR) is 92.5 cm³/mol. The fourth-order valence-electron chi connectivity index (χ4n) is 3.14. The van der Waals surface area contributed by atoms with Gasteiger partial charge in [0.2, 0.25) is 0 Å². The summed E-state index contributed by atoms with van der Waals surface area (Å²) in [6.07, 6.45) is 12.1. The summed E-state index contributed by atoms with van der Waals surface area (Å²) in [5.41, 5.74) is 1.21. The van der Waals surface area contributed by atoms with E-state index in [9.17, 15) is 0 Å². The highest BCUT2D eigenvalue weighted by molar-refractivity contribution is 5.32. The number of benzene rings is 1. The van der Waals surface area contributed by atoms with Crippen LogP contribution in [0.2, 0.25) is 0 Å². The Balaban J connectivity index is 1.78. The van der Waals surface area contributed by atoms with Gasteiger partial charge in [0.1, 0.15) is 11.6 Å². The molecule has 0 spiro atoms. The third kappa shape index (κ3) is 3.82. The maximum absolute atomic E-state index is 5.27. The van der Waals surface area contributed by atoms with E-state index in [0.29, 0.717) is 5.92 Å². The molecule has 0 radical (unpaired) electrons. The molecule has 0 amide bonds. The Morgan fingerprint density at radius 2 is 2.13 bits per heavy atom. The lowest BCUT2D eigenvalue weighted by Crippen LogP contribution is -2.30. The second-order valence-corrected chi connectivity index (χ2v) is 6.16. The Morgan fingerprint density at radius 3 is 2.74 bits per heavy atom. The first-order valence-electron chi connectivity index (χ1n) is 8.27. The molecule has 1 heterocycles. The van der Waals surface area contributed by atoms with Crippen LogP contribution in [-0.4, -0.2) is 23.2 Å². The molecule has 2 unspecified atom stereocenters. The van der Waals surface area contributed by atoms with E-state index in [-0.39, 0.29) is 6.04 Å². The van der Waals surface area contributed by atoms with Gasteiger partial charge in [-0.3, -0.25) is 0 Å². The number of aryl methyl sites for hydroxylation is 1. The normalized spacial score (nSPS) is 18.8. The standard InChI is InChI=1S/C19H25N3O/c1-22-13-12-20-19(22)18(16-8-10-17(23-2)11-9-16)21-14-15-6-4-3-5-7-15/h3-4,8-13,15,18,21H,5-7,14H2,1-2H3. The van der Waals surface area contributed by atoms with Crippen molar-refractivity contribution in [2.24, 2.45) is 13.0 Å². The zero-order valence-corrected chi connectivity index (χ0v) is 13.9. The van der Waals surface area contributed by atoms with Gasteiger partial charge in [-0.25, -0.2) is 4.98 Å². The van der Waals surface area contributed by atoms with Crippen LogP contribution in [0, 0.1) is 5.92 Å². The molecular formula is C19H25N3O. The number of methoxy groups -OCH3 is 1. The molecule has 2 aromatic rings. The van der Waals surface area contributed by atoms with E-state index in [1.54, 1.807) is 7.11 Å². The molecule has 23 heavy (non-hydrogen) atoms. The molecule has 0 bridgehead atoms. The van der Waals surface area contributed by atoms with Crippen LogP contribution < -0.4 is 10.1 Å². The molecule has 0 fully saturated rings. The average Bonchev–Trinajstić information content (AvgIpc) is 3.02. The first kappa shape index (κ1) is 15.8. The summed E-state index contributed by atoms with van der Waals surface area (Å²) in [7, 11) is 3.74. The Hall–Kier alpha value is -2.07. The second kappa shape index (κ2) is 7.47. The Morgan fingerprint density at radius 1 is 1.30 bits per heavy atom. The molecule has 2 atom stereocenters. The number of allylic oxidation sites excluding steroid dienone is 2. The van der Waals surface area contributed by atoms with E-state index in [1.807, 2.05) is 31.6 Å². The first-order chi connectivity index (χ1) is 11.3. The smallest absolute Gasteiger partial charge is 0.130 e. The lowest BCUT2D eigenvalue weighted by Gasteiger charge is -2.24. The van der Waals surface area contributed by atoms with Crippen molar-refractivity contribution in [2.45, 2.75) is 25.3 Å². The highest BCUT2D eigenvalue weighted by atomic mass is 16.5. The number of hydrogen-bond acceptors (Lipinski definition) is 3. The molecular weight excluding hydrogens is 286 g/mol. The number of nitrogens with one attached hydrogen (secondary N) is 1. The van der Waals surface area contributed by atoms with Crippen molar-refractivity contribution in [1.82, 2.24) is 14.9 Å². The lowest BCUT2D eigenvalue weighted by atomic mass is 9.94. The van der Waals surface area contributed by atoms with Crippen molar-refractivity contribution >= 4 is 0 Å². The molecule has 1 aromatic heterocycles. The van der Waals surface area contributed by atoms with Gasteiger partial charge in [0.05, 0.1) is 13.2 Å². The van der Waals surface area contributed by atoms with Crippen LogP contribution in [0.5, 0.6) is 5.75 Å². The minimum absolute atomic E-state index is 0.104. The number of aromatic nitrogens is 2. The third-order valence-electron chi connectivity index (χ3n) is 4.55. The van der Waals surface area contributed by atoms with Crippen LogP contribution in [0.1, 0.15) is 36.7 Å². The highest BCUT2D eigenvalue weighted by Crippen LogP contribution is 2.24. The summed E-state index contributed by atoms with van der Waals surface area (Å²) in [6, 6.07) is 8.36. The van der Waals surface area contributed by atoms with Crippen LogP contribution in [0.4, 0.5) is 0 Å². The van der Waals surface area contributed by atoms with Crippen molar-refractivity contribution in [2.75, 3.05) is 13.7 Å². The van der Waals surface area contributed by atoms with Gasteiger partial charge in [0, 0.05) is 19.4 Å². The van der Waals surface area contributed by atoms with E-state index in [2.05, 4.69) is 39.2 Å². The van der Waals surface area contributed by atoms with Gasteiger partial charge in [-0.05, 0) is 49.4 Å². The number of nitrogens with zero attached hydrogens (tertiary/aromatic N) is 2. The monoisotopic (exact) mass is 311 g/mol. The van der Waals surface area contributed by atoms with E-state index in [4.69, 9.17) is 4.74 Å². The number of hydrogen-bond donors (Lipinski definition) is 1. The van der Waals surface area contributed by atoms with E-state index >= 15 is 0 Å². The molecule has 4 heteroatoms. The predicted octanol–water partition coefficient (Wildman–Crippen LogP) is 3.46. The zero-order chi connectivity index (χ0) is 16.1. The summed E-state index contributed by atoms with van der Waals surface area (Å²) < 4.78 is 7.36. The molecule has 122 valence electrons. The Labute approximate surface area is 138 Å². The summed E-state index contributed by atoms with van der Waals surface area (Å²) in [6.45, 7) is 1.01. The van der Waals surface area contributed by atoms with Crippen molar-refractivity contribution in [3.8, 4) is 5.75 Å². The second-order valence-electron chi connectivity index (χ2n) is 6.16. The molecule has 1 aliphatic rings. The van der Waals surface area contributed by atoms with E-state index in [1.165, 1.54) is 24.8 Å². The molecule has 1 aliphatic carbocycles. The van der Waals surface area contributed by atoms with Crippen LogP contribution in [-0.2, 0) is 7.05 Å². The largest absolute Gasteiger partial charge is 0.497 e. The van der Waals surface area contributed by atoms with Crippen LogP contribution in [0.15, 0.2) is 48.8 Å². The Kier molecular flexibility index (Phi) is 5.13. The SMILES string of the molecule is COc1ccc(C(NCC2CC=CCC2)c2nccn2C)cc1. The Bertz CT molecular complexity index is 645. The first-order valence-corrected chi connectivity index (χ1v) is 8.27. The maximum atomic E-state index is 5.27. The molecule has 4 nitrogen and oxygen atoms in total. The van der Waals surface area contributed by atoms with E-state index in [0.717, 1.165) is 18.1 Å². The topological polar surface area (TPSA) is 39.1 Å². The van der Waals surface area contributed by atoms with Crippen molar-refractivity contribution in [3.05, 3.63) is 60.2 Å². The van der Waals surface area contributed by atoms with Crippen molar-refractivity contribution < 1.29 is 4.74 Å². The fourth-order valence-corrected chi connectivity index (χ4v) is 3.14. The van der Waals surface area contributed by atoms with Gasteiger partial charge >= 0.3 is 0 Å². The number of imidazole rings is 1. The van der Waals surface area contributed by atoms with Gasteiger partial charge in [-0.15, -0.1) is 0 Å². The summed E-state index contributed by atoms with van der Waals surface area (Å²) >= 11 is 0. The fraction of sp³-hybridized carbons (Fsp3) is 0.421. The average molecular weight is 311 g/mol. The molecule has 1 N–H and O–H groups in total. The molecule has 0 saturated heterocycles. The summed E-state index contributed by atoms with van der Waals surface area (Å²) in [5, 5.41) is 3.73.